The molecule has 0 aliphatic rings. The van der Waals surface area contributed by atoms with E-state index < -0.39 is 0 Å². The van der Waals surface area contributed by atoms with Crippen molar-refractivity contribution in [3.63, 3.8) is 0 Å². The third kappa shape index (κ3) is 3.04. The molecule has 21 heavy (non-hydrogen) atoms. The molecule has 0 aliphatic carbocycles. The number of Topliss-reactive ketones (excluding diaryl/α,β-unsaturated/α-hetero) is 1. The van der Waals surface area contributed by atoms with Crippen LogP contribution in [0, 0.1) is 0 Å². The van der Waals surface area contributed by atoms with E-state index in [0.29, 0.717) is 22.9 Å². The molecule has 0 radical (unpaired) electrons. The van der Waals surface area contributed by atoms with Crippen LogP contribution in [-0.2, 0) is 6.42 Å². The standard InChI is InChI=1S/C15H19N3O3/c1-10(2)18-14(16-9-17-18)8-12(19)11-6-5-7-13(20-3)15(11)21-4/h5-7,9-10H,8H2,1-4H3. The number of para-hydroxylation sites is 1. The molecule has 0 amide bonds. The molecule has 2 aromatic rings. The molecule has 0 unspecified atom stereocenters. The van der Waals surface area contributed by atoms with Gasteiger partial charge in [0.15, 0.2) is 17.3 Å². The minimum atomic E-state index is -0.0827. The van der Waals surface area contributed by atoms with Crippen LogP contribution in [0.2, 0.25) is 0 Å². The molecule has 6 heteroatoms. The van der Waals surface area contributed by atoms with Gasteiger partial charge in [0.2, 0.25) is 0 Å². The molecule has 1 aromatic carbocycles. The number of aromatic nitrogens is 3. The minimum Gasteiger partial charge on any atom is -0.493 e. The molecule has 0 spiro atoms. The van der Waals surface area contributed by atoms with E-state index in [4.69, 9.17) is 9.47 Å². The maximum atomic E-state index is 12.5. The van der Waals surface area contributed by atoms with Gasteiger partial charge in [-0.05, 0) is 26.0 Å². The van der Waals surface area contributed by atoms with Crippen LogP contribution in [0.5, 0.6) is 11.5 Å². The number of hydrogen-bond acceptors (Lipinski definition) is 5. The molecule has 2 rings (SSSR count). The van der Waals surface area contributed by atoms with Crippen molar-refractivity contribution in [2.75, 3.05) is 14.2 Å². The van der Waals surface area contributed by atoms with Crippen LogP contribution in [-0.4, -0.2) is 34.8 Å². The van der Waals surface area contributed by atoms with Gasteiger partial charge in [0.25, 0.3) is 0 Å². The highest BCUT2D eigenvalue weighted by Crippen LogP contribution is 2.31. The Balaban J connectivity index is 2.31. The Hall–Kier alpha value is -2.37. The Morgan fingerprint density at radius 3 is 2.67 bits per heavy atom. The van der Waals surface area contributed by atoms with Crippen LogP contribution in [0.25, 0.3) is 0 Å². The van der Waals surface area contributed by atoms with Crippen LogP contribution in [0.1, 0.15) is 36.1 Å². The Kier molecular flexibility index (Phi) is 4.57. The number of ketones is 1. The highest BCUT2D eigenvalue weighted by Gasteiger charge is 2.19. The van der Waals surface area contributed by atoms with E-state index in [9.17, 15) is 4.79 Å². The minimum absolute atomic E-state index is 0.0827. The van der Waals surface area contributed by atoms with Crippen molar-refractivity contribution in [1.29, 1.82) is 0 Å². The number of carbonyl (C=O) groups is 1. The second-order valence-electron chi connectivity index (χ2n) is 4.86. The van der Waals surface area contributed by atoms with Gasteiger partial charge in [0.1, 0.15) is 12.2 Å². The van der Waals surface area contributed by atoms with Gasteiger partial charge in [0, 0.05) is 6.04 Å². The second-order valence-corrected chi connectivity index (χ2v) is 4.86. The largest absolute Gasteiger partial charge is 0.493 e. The van der Waals surface area contributed by atoms with Gasteiger partial charge >= 0.3 is 0 Å². The highest BCUT2D eigenvalue weighted by atomic mass is 16.5. The van der Waals surface area contributed by atoms with E-state index in [1.54, 1.807) is 30.0 Å². The molecule has 0 aliphatic heterocycles. The van der Waals surface area contributed by atoms with Gasteiger partial charge in [-0.3, -0.25) is 4.79 Å². The molecular weight excluding hydrogens is 270 g/mol. The first-order valence-electron chi connectivity index (χ1n) is 6.71. The zero-order valence-electron chi connectivity index (χ0n) is 12.7. The van der Waals surface area contributed by atoms with Crippen molar-refractivity contribution < 1.29 is 14.3 Å². The normalized spacial score (nSPS) is 10.7. The topological polar surface area (TPSA) is 66.2 Å². The summed E-state index contributed by atoms with van der Waals surface area (Å²) < 4.78 is 12.3. The number of hydrogen-bond donors (Lipinski definition) is 0. The molecule has 0 N–H and O–H groups in total. The molecule has 0 atom stereocenters. The molecule has 0 saturated heterocycles. The molecule has 6 nitrogen and oxygen atoms in total. The van der Waals surface area contributed by atoms with E-state index in [-0.39, 0.29) is 18.2 Å². The quantitative estimate of drug-likeness (QED) is 0.763. The van der Waals surface area contributed by atoms with Crippen LogP contribution >= 0.6 is 0 Å². The van der Waals surface area contributed by atoms with Crippen molar-refractivity contribution in [2.45, 2.75) is 26.3 Å². The maximum absolute atomic E-state index is 12.5. The summed E-state index contributed by atoms with van der Waals surface area (Å²) in [6.45, 7) is 3.99. The fourth-order valence-electron chi connectivity index (χ4n) is 2.18. The summed E-state index contributed by atoms with van der Waals surface area (Å²) in [4.78, 5) is 16.7. The summed E-state index contributed by atoms with van der Waals surface area (Å²) in [6.07, 6.45) is 1.63. The molecule has 112 valence electrons. The summed E-state index contributed by atoms with van der Waals surface area (Å²) in [6, 6.07) is 5.40. The van der Waals surface area contributed by atoms with Gasteiger partial charge < -0.3 is 9.47 Å². The first kappa shape index (κ1) is 15.0. The van der Waals surface area contributed by atoms with Gasteiger partial charge in [-0.15, -0.1) is 0 Å². The van der Waals surface area contributed by atoms with Gasteiger partial charge in [-0.25, -0.2) is 9.67 Å². The third-order valence-electron chi connectivity index (χ3n) is 3.16. The summed E-state index contributed by atoms with van der Waals surface area (Å²) in [7, 11) is 3.06. The van der Waals surface area contributed by atoms with Gasteiger partial charge in [-0.1, -0.05) is 6.07 Å². The van der Waals surface area contributed by atoms with Gasteiger partial charge in [-0.2, -0.15) is 5.10 Å². The number of benzene rings is 1. The van der Waals surface area contributed by atoms with Crippen molar-refractivity contribution in [3.8, 4) is 11.5 Å². The molecule has 1 aromatic heterocycles. The average molecular weight is 289 g/mol. The van der Waals surface area contributed by atoms with Crippen LogP contribution < -0.4 is 9.47 Å². The van der Waals surface area contributed by atoms with Crippen molar-refractivity contribution in [1.82, 2.24) is 14.8 Å². The number of nitrogens with zero attached hydrogens (tertiary/aromatic N) is 3. The Labute approximate surface area is 123 Å². The Bertz CT molecular complexity index is 635. The number of ether oxygens (including phenoxy) is 2. The zero-order valence-corrected chi connectivity index (χ0v) is 12.7. The molecule has 0 saturated carbocycles. The van der Waals surface area contributed by atoms with E-state index in [1.807, 2.05) is 13.8 Å². The van der Waals surface area contributed by atoms with Crippen LogP contribution in [0.4, 0.5) is 0 Å². The van der Waals surface area contributed by atoms with E-state index >= 15 is 0 Å². The monoisotopic (exact) mass is 289 g/mol. The fourth-order valence-corrected chi connectivity index (χ4v) is 2.18. The summed E-state index contributed by atoms with van der Waals surface area (Å²) in [5.74, 6) is 1.54. The van der Waals surface area contributed by atoms with E-state index in [1.165, 1.54) is 13.4 Å². The lowest BCUT2D eigenvalue weighted by molar-refractivity contribution is 0.0985. The maximum Gasteiger partial charge on any atom is 0.174 e. The number of methoxy groups -OCH3 is 2. The van der Waals surface area contributed by atoms with E-state index in [2.05, 4.69) is 10.1 Å². The second kappa shape index (κ2) is 6.39. The number of rotatable bonds is 6. The van der Waals surface area contributed by atoms with Gasteiger partial charge in [0.05, 0.1) is 26.2 Å². The van der Waals surface area contributed by atoms with Crippen LogP contribution in [0.3, 0.4) is 0 Å². The zero-order chi connectivity index (χ0) is 15.4. The lowest BCUT2D eigenvalue weighted by atomic mass is 10.1. The lowest BCUT2D eigenvalue weighted by Gasteiger charge is -2.12. The highest BCUT2D eigenvalue weighted by molar-refractivity contribution is 6.00. The SMILES string of the molecule is COc1cccc(C(=O)Cc2ncnn2C(C)C)c1OC. The van der Waals surface area contributed by atoms with E-state index in [0.717, 1.165) is 0 Å². The number of carbonyl (C=O) groups excluding carboxylic acids is 1. The van der Waals surface area contributed by atoms with Crippen molar-refractivity contribution in [3.05, 3.63) is 35.9 Å². The first-order valence-corrected chi connectivity index (χ1v) is 6.71. The summed E-state index contributed by atoms with van der Waals surface area (Å²) in [5, 5.41) is 4.14. The lowest BCUT2D eigenvalue weighted by Crippen LogP contribution is -2.14. The Morgan fingerprint density at radius 2 is 2.05 bits per heavy atom. The molecule has 0 bridgehead atoms. The predicted octanol–water partition coefficient (Wildman–Crippen LogP) is 2.30. The summed E-state index contributed by atoms with van der Waals surface area (Å²) in [5.41, 5.74) is 0.482. The van der Waals surface area contributed by atoms with Crippen LogP contribution in [0.15, 0.2) is 24.5 Å². The average Bonchev–Trinajstić information content (AvgIpc) is 2.94. The molecular formula is C15H19N3O3. The van der Waals surface area contributed by atoms with Crippen molar-refractivity contribution >= 4 is 5.78 Å². The smallest absolute Gasteiger partial charge is 0.174 e. The fraction of sp³-hybridized carbons (Fsp3) is 0.400. The summed E-state index contributed by atoms with van der Waals surface area (Å²) >= 11 is 0. The molecule has 1 heterocycles. The predicted molar refractivity (Wildman–Crippen MR) is 78.0 cm³/mol. The molecule has 0 fully saturated rings. The third-order valence-corrected chi connectivity index (χ3v) is 3.16. The Morgan fingerprint density at radius 1 is 1.29 bits per heavy atom. The first-order chi connectivity index (χ1) is 10.1. The van der Waals surface area contributed by atoms with Crippen molar-refractivity contribution in [2.24, 2.45) is 0 Å².